The number of aromatic nitrogens is 1. The maximum atomic E-state index is 12.1. The molecule has 0 fully saturated rings. The number of ketones is 1. The Morgan fingerprint density at radius 2 is 2.00 bits per heavy atom. The Labute approximate surface area is 121 Å². The van der Waals surface area contributed by atoms with Crippen LogP contribution in [0.5, 0.6) is 0 Å². The lowest BCUT2D eigenvalue weighted by atomic mass is 10.0. The SMILES string of the molecule is CCOC(=O)C(C)(C)n1c(=O)oc2cc(C(C)=O)ccc21. The third-order valence-electron chi connectivity index (χ3n) is 3.32. The van der Waals surface area contributed by atoms with Crippen LogP contribution in [0.25, 0.3) is 11.1 Å². The van der Waals surface area contributed by atoms with Gasteiger partial charge in [0.2, 0.25) is 0 Å². The molecule has 0 atom stereocenters. The maximum absolute atomic E-state index is 12.1. The van der Waals surface area contributed by atoms with E-state index in [1.807, 2.05) is 0 Å². The average molecular weight is 291 g/mol. The first kappa shape index (κ1) is 15.0. The molecule has 0 aliphatic rings. The van der Waals surface area contributed by atoms with Gasteiger partial charge in [0.1, 0.15) is 5.54 Å². The molecule has 0 bridgehead atoms. The molecule has 0 unspecified atom stereocenters. The lowest BCUT2D eigenvalue weighted by Gasteiger charge is -2.23. The average Bonchev–Trinajstić information content (AvgIpc) is 2.74. The van der Waals surface area contributed by atoms with E-state index in [-0.39, 0.29) is 18.0 Å². The Hall–Kier alpha value is -2.37. The Bertz CT molecular complexity index is 766. The minimum absolute atomic E-state index is 0.128. The number of Topliss-reactive ketones (excluding diaryl/α,β-unsaturated/α-hetero) is 1. The fourth-order valence-corrected chi connectivity index (χ4v) is 2.17. The second-order valence-electron chi connectivity index (χ2n) is 5.22. The summed E-state index contributed by atoms with van der Waals surface area (Å²) < 4.78 is 11.4. The Balaban J connectivity index is 2.65. The fourth-order valence-electron chi connectivity index (χ4n) is 2.17. The smallest absolute Gasteiger partial charge is 0.420 e. The third kappa shape index (κ3) is 2.49. The number of rotatable bonds is 4. The molecule has 0 radical (unpaired) electrons. The van der Waals surface area contributed by atoms with Crippen LogP contribution in [0.1, 0.15) is 38.1 Å². The summed E-state index contributed by atoms with van der Waals surface area (Å²) in [4.78, 5) is 35.5. The van der Waals surface area contributed by atoms with Gasteiger partial charge in [0, 0.05) is 5.56 Å². The van der Waals surface area contributed by atoms with E-state index in [1.54, 1.807) is 32.9 Å². The van der Waals surface area contributed by atoms with Gasteiger partial charge in [-0.05, 0) is 45.9 Å². The molecular formula is C15H17NO5. The molecule has 0 N–H and O–H groups in total. The number of ether oxygens (including phenoxy) is 1. The van der Waals surface area contributed by atoms with Crippen LogP contribution in [0.15, 0.2) is 27.4 Å². The first-order valence-electron chi connectivity index (χ1n) is 6.63. The van der Waals surface area contributed by atoms with Crippen LogP contribution in [0, 0.1) is 0 Å². The van der Waals surface area contributed by atoms with Crippen molar-refractivity contribution in [1.82, 2.24) is 4.57 Å². The van der Waals surface area contributed by atoms with Crippen LogP contribution >= 0.6 is 0 Å². The normalized spacial score (nSPS) is 11.6. The van der Waals surface area contributed by atoms with Gasteiger partial charge in [-0.25, -0.2) is 9.59 Å². The number of benzene rings is 1. The Morgan fingerprint density at radius 3 is 2.57 bits per heavy atom. The zero-order chi connectivity index (χ0) is 15.8. The second kappa shape index (κ2) is 5.20. The molecule has 21 heavy (non-hydrogen) atoms. The molecule has 0 spiro atoms. The van der Waals surface area contributed by atoms with Crippen LogP contribution in [-0.4, -0.2) is 22.9 Å². The molecule has 0 saturated heterocycles. The lowest BCUT2D eigenvalue weighted by Crippen LogP contribution is -2.42. The van der Waals surface area contributed by atoms with E-state index >= 15 is 0 Å². The summed E-state index contributed by atoms with van der Waals surface area (Å²) in [5.74, 6) is -1.31. The summed E-state index contributed by atoms with van der Waals surface area (Å²) in [6.45, 7) is 6.52. The molecule has 0 aliphatic heterocycles. The van der Waals surface area contributed by atoms with Gasteiger partial charge in [-0.15, -0.1) is 0 Å². The summed E-state index contributed by atoms with van der Waals surface area (Å²) in [5, 5.41) is 0. The van der Waals surface area contributed by atoms with Gasteiger partial charge in [-0.1, -0.05) is 0 Å². The molecule has 6 nitrogen and oxygen atoms in total. The molecule has 112 valence electrons. The topological polar surface area (TPSA) is 78.5 Å². The van der Waals surface area contributed by atoms with Crippen molar-refractivity contribution >= 4 is 22.9 Å². The van der Waals surface area contributed by atoms with Crippen LogP contribution in [0.3, 0.4) is 0 Å². The van der Waals surface area contributed by atoms with Crippen molar-refractivity contribution in [2.75, 3.05) is 6.61 Å². The highest BCUT2D eigenvalue weighted by molar-refractivity contribution is 5.97. The monoisotopic (exact) mass is 291 g/mol. The number of carbonyl (C=O) groups excluding carboxylic acids is 2. The minimum Gasteiger partial charge on any atom is -0.464 e. The molecule has 6 heteroatoms. The van der Waals surface area contributed by atoms with Gasteiger partial charge in [0.25, 0.3) is 0 Å². The van der Waals surface area contributed by atoms with Crippen molar-refractivity contribution in [2.45, 2.75) is 33.2 Å². The summed E-state index contributed by atoms with van der Waals surface area (Å²) in [7, 11) is 0. The second-order valence-corrected chi connectivity index (χ2v) is 5.22. The standard InChI is InChI=1S/C15H17NO5/c1-5-20-13(18)15(3,4)16-11-7-6-10(9(2)17)8-12(11)21-14(16)19/h6-8H,5H2,1-4H3. The van der Waals surface area contributed by atoms with E-state index in [2.05, 4.69) is 0 Å². The quantitative estimate of drug-likeness (QED) is 0.636. The van der Waals surface area contributed by atoms with Crippen LogP contribution in [-0.2, 0) is 15.1 Å². The molecule has 1 aromatic carbocycles. The zero-order valence-corrected chi connectivity index (χ0v) is 12.4. The fraction of sp³-hybridized carbons (Fsp3) is 0.400. The molecule has 1 aromatic heterocycles. The predicted molar refractivity (Wildman–Crippen MR) is 76.4 cm³/mol. The van der Waals surface area contributed by atoms with Gasteiger partial charge >= 0.3 is 11.7 Å². The minimum atomic E-state index is -1.20. The number of fused-ring (bicyclic) bond motifs is 1. The number of carbonyl (C=O) groups is 2. The molecule has 0 amide bonds. The van der Waals surface area contributed by atoms with Crippen LogP contribution in [0.2, 0.25) is 0 Å². The van der Waals surface area contributed by atoms with Gasteiger partial charge in [-0.2, -0.15) is 0 Å². The van der Waals surface area contributed by atoms with Gasteiger partial charge in [0.15, 0.2) is 11.4 Å². The van der Waals surface area contributed by atoms with Crippen molar-refractivity contribution < 1.29 is 18.7 Å². The molecule has 2 rings (SSSR count). The highest BCUT2D eigenvalue weighted by Crippen LogP contribution is 2.23. The summed E-state index contributed by atoms with van der Waals surface area (Å²) >= 11 is 0. The zero-order valence-electron chi connectivity index (χ0n) is 12.4. The van der Waals surface area contributed by atoms with Crippen molar-refractivity contribution in [3.8, 4) is 0 Å². The Kier molecular flexibility index (Phi) is 3.72. The molecular weight excluding hydrogens is 274 g/mol. The number of oxazole rings is 1. The highest BCUT2D eigenvalue weighted by Gasteiger charge is 2.35. The van der Waals surface area contributed by atoms with E-state index in [9.17, 15) is 14.4 Å². The first-order chi connectivity index (χ1) is 9.78. The Morgan fingerprint density at radius 1 is 1.33 bits per heavy atom. The summed E-state index contributed by atoms with van der Waals surface area (Å²) in [5.41, 5.74) is -0.0405. The maximum Gasteiger partial charge on any atom is 0.420 e. The van der Waals surface area contributed by atoms with Gasteiger partial charge in [-0.3, -0.25) is 9.36 Å². The van der Waals surface area contributed by atoms with E-state index in [4.69, 9.17) is 9.15 Å². The summed E-state index contributed by atoms with van der Waals surface area (Å²) in [6.07, 6.45) is 0. The van der Waals surface area contributed by atoms with Crippen molar-refractivity contribution in [3.05, 3.63) is 34.3 Å². The van der Waals surface area contributed by atoms with Crippen molar-refractivity contribution in [1.29, 1.82) is 0 Å². The van der Waals surface area contributed by atoms with E-state index in [1.165, 1.54) is 17.6 Å². The molecule has 2 aromatic rings. The molecule has 1 heterocycles. The number of hydrogen-bond acceptors (Lipinski definition) is 5. The van der Waals surface area contributed by atoms with Crippen LogP contribution < -0.4 is 5.76 Å². The van der Waals surface area contributed by atoms with E-state index in [0.717, 1.165) is 0 Å². The third-order valence-corrected chi connectivity index (χ3v) is 3.32. The number of esters is 1. The highest BCUT2D eigenvalue weighted by atomic mass is 16.5. The molecule has 0 saturated carbocycles. The first-order valence-corrected chi connectivity index (χ1v) is 6.63. The lowest BCUT2D eigenvalue weighted by molar-refractivity contribution is -0.152. The van der Waals surface area contributed by atoms with E-state index in [0.29, 0.717) is 11.1 Å². The predicted octanol–water partition coefficient (Wildman–Crippen LogP) is 2.10. The largest absolute Gasteiger partial charge is 0.464 e. The molecule has 0 aliphatic carbocycles. The number of nitrogens with zero attached hydrogens (tertiary/aromatic N) is 1. The van der Waals surface area contributed by atoms with Crippen molar-refractivity contribution in [3.63, 3.8) is 0 Å². The van der Waals surface area contributed by atoms with Gasteiger partial charge < -0.3 is 9.15 Å². The van der Waals surface area contributed by atoms with E-state index < -0.39 is 17.3 Å². The number of hydrogen-bond donors (Lipinski definition) is 0. The van der Waals surface area contributed by atoms with Crippen LogP contribution in [0.4, 0.5) is 0 Å². The van der Waals surface area contributed by atoms with Gasteiger partial charge in [0.05, 0.1) is 12.1 Å². The van der Waals surface area contributed by atoms with Crippen molar-refractivity contribution in [2.24, 2.45) is 0 Å². The summed E-state index contributed by atoms with van der Waals surface area (Å²) in [6, 6.07) is 4.69.